The topological polar surface area (TPSA) is 44.2 Å². The smallest absolute Gasteiger partial charge is 0.218 e. The number of ether oxygens (including phenoxy) is 2. The maximum atomic E-state index is 5.79. The molecule has 0 aliphatic heterocycles. The Morgan fingerprint density at radius 3 is 2.93 bits per heavy atom. The third kappa shape index (κ3) is 4.27. The van der Waals surface area contributed by atoms with Crippen LogP contribution in [0.25, 0.3) is 0 Å². The van der Waals surface area contributed by atoms with Crippen LogP contribution in [0.5, 0.6) is 5.88 Å². The van der Waals surface area contributed by atoms with Crippen molar-refractivity contribution in [1.29, 1.82) is 0 Å². The van der Waals surface area contributed by atoms with E-state index in [4.69, 9.17) is 21.1 Å². The molecule has 0 radical (unpaired) electrons. The quantitative estimate of drug-likeness (QED) is 0.573. The highest BCUT2D eigenvalue weighted by Gasteiger charge is 2.03. The lowest BCUT2D eigenvalue weighted by atomic mass is 10.5. The first-order valence-electron chi connectivity index (χ1n) is 4.52. The van der Waals surface area contributed by atoms with E-state index in [1.807, 2.05) is 19.1 Å². The molecule has 4 nitrogen and oxygen atoms in total. The third-order valence-electron chi connectivity index (χ3n) is 1.55. The van der Waals surface area contributed by atoms with Gasteiger partial charge >= 0.3 is 0 Å². The molecule has 5 heteroatoms. The van der Waals surface area contributed by atoms with E-state index < -0.39 is 0 Å². The predicted molar refractivity (Wildman–Crippen MR) is 58.1 cm³/mol. The van der Waals surface area contributed by atoms with Gasteiger partial charge in [0.1, 0.15) is 18.4 Å². The molecule has 0 bridgehead atoms. The van der Waals surface area contributed by atoms with Gasteiger partial charge in [0.25, 0.3) is 0 Å². The largest absolute Gasteiger partial charge is 0.473 e. The van der Waals surface area contributed by atoms with E-state index in [9.17, 15) is 0 Å². The van der Waals surface area contributed by atoms with Gasteiger partial charge in [0.15, 0.2) is 5.82 Å². The summed E-state index contributed by atoms with van der Waals surface area (Å²) in [6.07, 6.45) is 3.78. The second kappa shape index (κ2) is 6.37. The monoisotopic (exact) mass is 228 g/mol. The Morgan fingerprint density at radius 2 is 2.27 bits per heavy atom. The van der Waals surface area contributed by atoms with E-state index in [1.54, 1.807) is 13.2 Å². The summed E-state index contributed by atoms with van der Waals surface area (Å²) in [5, 5.41) is 0.354. The number of hydrogen-bond donors (Lipinski definition) is 0. The first-order chi connectivity index (χ1) is 7.26. The second-order valence-corrected chi connectivity index (χ2v) is 3.15. The maximum absolute atomic E-state index is 5.79. The average molecular weight is 229 g/mol. The third-order valence-corrected chi connectivity index (χ3v) is 1.75. The van der Waals surface area contributed by atoms with E-state index in [-0.39, 0.29) is 0 Å². The summed E-state index contributed by atoms with van der Waals surface area (Å²) in [6, 6.07) is 1.57. The Labute approximate surface area is 93.9 Å². The van der Waals surface area contributed by atoms with E-state index in [2.05, 4.69) is 9.97 Å². The molecule has 1 heterocycles. The molecule has 0 spiro atoms. The molecular formula is C10H13ClN2O2. The summed E-state index contributed by atoms with van der Waals surface area (Å²) >= 11 is 5.79. The Hall–Kier alpha value is -1.13. The van der Waals surface area contributed by atoms with Crippen LogP contribution in [0.3, 0.4) is 0 Å². The van der Waals surface area contributed by atoms with Gasteiger partial charge in [-0.1, -0.05) is 23.8 Å². The molecule has 0 atom stereocenters. The van der Waals surface area contributed by atoms with Crippen LogP contribution >= 0.6 is 11.6 Å². The highest BCUT2D eigenvalue weighted by atomic mass is 35.5. The Bertz CT molecular complexity index is 342. The van der Waals surface area contributed by atoms with E-state index in [0.717, 1.165) is 0 Å². The van der Waals surface area contributed by atoms with Gasteiger partial charge in [-0.15, -0.1) is 0 Å². The summed E-state index contributed by atoms with van der Waals surface area (Å²) in [5.74, 6) is 0.973. The van der Waals surface area contributed by atoms with Crippen LogP contribution in [0.4, 0.5) is 0 Å². The zero-order chi connectivity index (χ0) is 11.1. The van der Waals surface area contributed by atoms with Gasteiger partial charge in [0, 0.05) is 13.2 Å². The zero-order valence-electron chi connectivity index (χ0n) is 8.74. The second-order valence-electron chi connectivity index (χ2n) is 2.76. The first kappa shape index (κ1) is 11.9. The molecule has 0 amide bonds. The number of hydrogen-bond acceptors (Lipinski definition) is 4. The van der Waals surface area contributed by atoms with Crippen LogP contribution < -0.4 is 4.74 Å². The number of allylic oxidation sites excluding steroid dienone is 1. The fraction of sp³-hybridized carbons (Fsp3) is 0.400. The Morgan fingerprint density at radius 1 is 1.47 bits per heavy atom. The summed E-state index contributed by atoms with van der Waals surface area (Å²) in [6.45, 7) is 2.71. The van der Waals surface area contributed by atoms with Gasteiger partial charge in [-0.05, 0) is 6.92 Å². The molecule has 0 N–H and O–H groups in total. The van der Waals surface area contributed by atoms with Crippen molar-refractivity contribution >= 4 is 11.6 Å². The predicted octanol–water partition coefficient (Wildman–Crippen LogP) is 2.23. The molecule has 82 valence electrons. The van der Waals surface area contributed by atoms with Gasteiger partial charge in [-0.25, -0.2) is 4.98 Å². The highest BCUT2D eigenvalue weighted by Crippen LogP contribution is 2.14. The number of aromatic nitrogens is 2. The number of halogens is 1. The van der Waals surface area contributed by atoms with Gasteiger partial charge in [-0.2, -0.15) is 4.98 Å². The van der Waals surface area contributed by atoms with Crippen molar-refractivity contribution < 1.29 is 9.47 Å². The average Bonchev–Trinajstić information content (AvgIpc) is 2.18. The van der Waals surface area contributed by atoms with Crippen LogP contribution in [-0.4, -0.2) is 23.7 Å². The van der Waals surface area contributed by atoms with Gasteiger partial charge < -0.3 is 9.47 Å². The summed E-state index contributed by atoms with van der Waals surface area (Å²) in [5.41, 5.74) is 0. The normalized spacial score (nSPS) is 10.9. The Balaban J connectivity index is 2.70. The molecule has 0 aromatic carbocycles. The first-order valence-corrected chi connectivity index (χ1v) is 4.90. The minimum Gasteiger partial charge on any atom is -0.473 e. The molecule has 0 aliphatic rings. The molecule has 1 aromatic heterocycles. The molecule has 0 saturated carbocycles. The SMILES string of the molecule is C/C=C/COc1cc(Cl)nc(COC)n1. The molecule has 0 saturated heterocycles. The highest BCUT2D eigenvalue weighted by molar-refractivity contribution is 6.29. The summed E-state index contributed by atoms with van der Waals surface area (Å²) in [4.78, 5) is 8.10. The minimum absolute atomic E-state index is 0.320. The van der Waals surface area contributed by atoms with Gasteiger partial charge in [-0.3, -0.25) is 0 Å². The fourth-order valence-corrected chi connectivity index (χ4v) is 1.13. The number of rotatable bonds is 5. The van der Waals surface area contributed by atoms with Crippen molar-refractivity contribution in [3.05, 3.63) is 29.2 Å². The Kier molecular flexibility index (Phi) is 5.07. The van der Waals surface area contributed by atoms with Crippen LogP contribution in [0.1, 0.15) is 12.7 Å². The van der Waals surface area contributed by atoms with Crippen LogP contribution in [0.2, 0.25) is 5.15 Å². The van der Waals surface area contributed by atoms with Crippen molar-refractivity contribution in [3.63, 3.8) is 0 Å². The summed E-state index contributed by atoms with van der Waals surface area (Å²) < 4.78 is 10.2. The van der Waals surface area contributed by atoms with Gasteiger partial charge in [0.05, 0.1) is 0 Å². The lowest BCUT2D eigenvalue weighted by Crippen LogP contribution is -2.02. The molecule has 0 fully saturated rings. The molecule has 0 aliphatic carbocycles. The van der Waals surface area contributed by atoms with Crippen molar-refractivity contribution in [2.75, 3.05) is 13.7 Å². The maximum Gasteiger partial charge on any atom is 0.218 e. The lowest BCUT2D eigenvalue weighted by molar-refractivity contribution is 0.176. The van der Waals surface area contributed by atoms with Crippen LogP contribution in [-0.2, 0) is 11.3 Å². The van der Waals surface area contributed by atoms with E-state index in [1.165, 1.54) is 0 Å². The molecule has 1 rings (SSSR count). The number of nitrogens with zero attached hydrogens (tertiary/aromatic N) is 2. The van der Waals surface area contributed by atoms with Crippen molar-refractivity contribution in [3.8, 4) is 5.88 Å². The van der Waals surface area contributed by atoms with Crippen LogP contribution in [0, 0.1) is 0 Å². The standard InChI is InChI=1S/C10H13ClN2O2/c1-3-4-5-15-10-6-8(11)12-9(13-10)7-14-2/h3-4,6H,5,7H2,1-2H3/b4-3+. The van der Waals surface area contributed by atoms with Crippen LogP contribution in [0.15, 0.2) is 18.2 Å². The van der Waals surface area contributed by atoms with Crippen molar-refractivity contribution in [2.45, 2.75) is 13.5 Å². The summed E-state index contributed by atoms with van der Waals surface area (Å²) in [7, 11) is 1.57. The molecule has 1 aromatic rings. The molecule has 15 heavy (non-hydrogen) atoms. The number of methoxy groups -OCH3 is 1. The zero-order valence-corrected chi connectivity index (χ0v) is 9.49. The molecular weight excluding hydrogens is 216 g/mol. The van der Waals surface area contributed by atoms with E-state index in [0.29, 0.717) is 30.1 Å². The molecule has 0 unspecified atom stereocenters. The van der Waals surface area contributed by atoms with E-state index >= 15 is 0 Å². The van der Waals surface area contributed by atoms with Gasteiger partial charge in [0.2, 0.25) is 5.88 Å². The minimum atomic E-state index is 0.320. The fourth-order valence-electron chi connectivity index (χ4n) is 0.939. The lowest BCUT2D eigenvalue weighted by Gasteiger charge is -2.04. The van der Waals surface area contributed by atoms with Crippen molar-refractivity contribution in [2.24, 2.45) is 0 Å². The van der Waals surface area contributed by atoms with Crippen molar-refractivity contribution in [1.82, 2.24) is 9.97 Å².